The number of fused-ring (bicyclic) bond motifs is 1. The van der Waals surface area contributed by atoms with E-state index in [1.807, 2.05) is 19.1 Å². The van der Waals surface area contributed by atoms with E-state index in [2.05, 4.69) is 15.6 Å². The number of aryl methyl sites for hydroxylation is 1. The fourth-order valence-corrected chi connectivity index (χ4v) is 4.61. The highest BCUT2D eigenvalue weighted by atomic mass is 19.4. The SMILES string of the molecule is Cc1ccc(N2C[C@H](NC(=O)NCC3CC(F)(F)C3)C[C@H](C(F)(F)F)C2)c2cccnc12. The number of pyridine rings is 1. The molecule has 0 spiro atoms. The van der Waals surface area contributed by atoms with Crippen LogP contribution in [-0.2, 0) is 0 Å². The predicted octanol–water partition coefficient (Wildman–Crippen LogP) is 4.64. The number of alkyl halides is 5. The molecule has 1 saturated heterocycles. The second kappa shape index (κ2) is 8.37. The fourth-order valence-electron chi connectivity index (χ4n) is 4.61. The van der Waals surface area contributed by atoms with E-state index in [1.54, 1.807) is 23.2 Å². The molecule has 10 heteroatoms. The molecule has 32 heavy (non-hydrogen) atoms. The Bertz CT molecular complexity index is 988. The van der Waals surface area contributed by atoms with Gasteiger partial charge in [0, 0.05) is 55.8 Å². The molecule has 2 atom stereocenters. The van der Waals surface area contributed by atoms with Crippen molar-refractivity contribution in [2.24, 2.45) is 11.8 Å². The van der Waals surface area contributed by atoms with Gasteiger partial charge < -0.3 is 15.5 Å². The first-order chi connectivity index (χ1) is 15.0. The summed E-state index contributed by atoms with van der Waals surface area (Å²) >= 11 is 0. The molecule has 0 bridgehead atoms. The third-order valence-corrected chi connectivity index (χ3v) is 6.26. The number of anilines is 1. The molecule has 2 heterocycles. The third kappa shape index (κ3) is 4.88. The lowest BCUT2D eigenvalue weighted by Crippen LogP contribution is -2.56. The maximum absolute atomic E-state index is 13.7. The minimum atomic E-state index is -4.41. The molecule has 174 valence electrons. The summed E-state index contributed by atoms with van der Waals surface area (Å²) in [4.78, 5) is 18.2. The molecule has 1 aromatic heterocycles. The van der Waals surface area contributed by atoms with Gasteiger partial charge in [-0.3, -0.25) is 4.98 Å². The second-order valence-corrected chi connectivity index (χ2v) is 8.86. The van der Waals surface area contributed by atoms with Crippen LogP contribution >= 0.6 is 0 Å². The van der Waals surface area contributed by atoms with Crippen molar-refractivity contribution in [1.29, 1.82) is 0 Å². The van der Waals surface area contributed by atoms with E-state index in [-0.39, 0.29) is 44.8 Å². The molecule has 2 aromatic rings. The van der Waals surface area contributed by atoms with Crippen molar-refractivity contribution in [3.8, 4) is 0 Å². The number of rotatable bonds is 4. The van der Waals surface area contributed by atoms with Gasteiger partial charge in [-0.05, 0) is 43.0 Å². The van der Waals surface area contributed by atoms with Crippen LogP contribution in [0.15, 0.2) is 30.5 Å². The molecular weight excluding hydrogens is 431 g/mol. The maximum atomic E-state index is 13.7. The van der Waals surface area contributed by atoms with Crippen LogP contribution in [0.4, 0.5) is 32.4 Å². The van der Waals surface area contributed by atoms with Crippen LogP contribution in [0.5, 0.6) is 0 Å². The summed E-state index contributed by atoms with van der Waals surface area (Å²) in [5.41, 5.74) is 2.28. The van der Waals surface area contributed by atoms with Crippen molar-refractivity contribution < 1.29 is 26.7 Å². The largest absolute Gasteiger partial charge is 0.393 e. The Balaban J connectivity index is 1.48. The molecule has 4 rings (SSSR count). The minimum absolute atomic E-state index is 0.0782. The molecular formula is C22H25F5N4O. The highest BCUT2D eigenvalue weighted by Gasteiger charge is 2.46. The van der Waals surface area contributed by atoms with Crippen molar-refractivity contribution in [3.05, 3.63) is 36.0 Å². The van der Waals surface area contributed by atoms with Gasteiger partial charge in [0.25, 0.3) is 0 Å². The van der Waals surface area contributed by atoms with E-state index in [4.69, 9.17) is 0 Å². The lowest BCUT2D eigenvalue weighted by molar-refractivity contribution is -0.177. The predicted molar refractivity (Wildman–Crippen MR) is 111 cm³/mol. The van der Waals surface area contributed by atoms with Gasteiger partial charge in [0.1, 0.15) is 0 Å². The molecule has 0 unspecified atom stereocenters. The molecule has 0 radical (unpaired) electrons. The van der Waals surface area contributed by atoms with Crippen LogP contribution in [-0.4, -0.2) is 48.8 Å². The minimum Gasteiger partial charge on any atom is -0.368 e. The Kier molecular flexibility index (Phi) is 5.89. The number of aromatic nitrogens is 1. The number of nitrogens with zero attached hydrogens (tertiary/aromatic N) is 2. The van der Waals surface area contributed by atoms with Crippen LogP contribution in [0, 0.1) is 18.8 Å². The van der Waals surface area contributed by atoms with Crippen molar-refractivity contribution in [2.45, 2.75) is 44.3 Å². The van der Waals surface area contributed by atoms with E-state index in [9.17, 15) is 26.7 Å². The number of benzene rings is 1. The molecule has 1 aromatic carbocycles. The molecule has 1 saturated carbocycles. The monoisotopic (exact) mass is 456 g/mol. The number of amides is 2. The number of nitrogens with one attached hydrogen (secondary N) is 2. The first kappa shape index (κ1) is 22.5. The van der Waals surface area contributed by atoms with Crippen LogP contribution in [0.1, 0.15) is 24.8 Å². The normalized spacial score (nSPS) is 23.6. The van der Waals surface area contributed by atoms with E-state index in [1.165, 1.54) is 0 Å². The zero-order valence-electron chi connectivity index (χ0n) is 17.6. The highest BCUT2D eigenvalue weighted by molar-refractivity contribution is 5.93. The van der Waals surface area contributed by atoms with E-state index < -0.39 is 30.1 Å². The third-order valence-electron chi connectivity index (χ3n) is 6.26. The van der Waals surface area contributed by atoms with Crippen molar-refractivity contribution in [1.82, 2.24) is 15.6 Å². The highest BCUT2D eigenvalue weighted by Crippen LogP contribution is 2.42. The number of hydrogen-bond donors (Lipinski definition) is 2. The first-order valence-corrected chi connectivity index (χ1v) is 10.6. The standard InChI is InChI=1S/C22H25F5N4O/c1-13-4-5-18(17-3-2-6-28-19(13)17)31-11-15(22(25,26)27)7-16(12-31)30-20(32)29-10-14-8-21(23,24)9-14/h2-6,14-16H,7-12H2,1H3,(H2,29,30,32)/t15-,16+/m0/s1. The summed E-state index contributed by atoms with van der Waals surface area (Å²) in [7, 11) is 0. The van der Waals surface area contributed by atoms with Crippen molar-refractivity contribution in [3.63, 3.8) is 0 Å². The Morgan fingerprint density at radius 2 is 1.97 bits per heavy atom. The molecule has 2 aliphatic rings. The van der Waals surface area contributed by atoms with Gasteiger partial charge in [0.2, 0.25) is 5.92 Å². The molecule has 2 fully saturated rings. The first-order valence-electron chi connectivity index (χ1n) is 10.6. The Morgan fingerprint density at radius 1 is 1.22 bits per heavy atom. The summed E-state index contributed by atoms with van der Waals surface area (Å²) in [5, 5.41) is 5.89. The van der Waals surface area contributed by atoms with Crippen LogP contribution in [0.2, 0.25) is 0 Å². The molecule has 1 aliphatic heterocycles. The topological polar surface area (TPSA) is 57.3 Å². The van der Waals surface area contributed by atoms with Gasteiger partial charge >= 0.3 is 12.2 Å². The summed E-state index contributed by atoms with van der Waals surface area (Å²) < 4.78 is 66.9. The average Bonchev–Trinajstić information content (AvgIpc) is 2.70. The molecule has 1 aliphatic carbocycles. The van der Waals surface area contributed by atoms with Gasteiger partial charge in [-0.25, -0.2) is 13.6 Å². The zero-order valence-corrected chi connectivity index (χ0v) is 17.6. The molecule has 5 nitrogen and oxygen atoms in total. The Labute approximate surface area is 182 Å². The van der Waals surface area contributed by atoms with E-state index in [0.717, 1.165) is 16.5 Å². The smallest absolute Gasteiger partial charge is 0.368 e. The van der Waals surface area contributed by atoms with Crippen LogP contribution in [0.25, 0.3) is 10.9 Å². The molecule has 2 amide bonds. The van der Waals surface area contributed by atoms with Gasteiger partial charge in [-0.2, -0.15) is 13.2 Å². The number of piperidine rings is 1. The summed E-state index contributed by atoms with van der Waals surface area (Å²) in [6, 6.07) is 5.79. The lowest BCUT2D eigenvalue weighted by atomic mass is 9.81. The number of hydrogen-bond acceptors (Lipinski definition) is 3. The molecule has 2 N–H and O–H groups in total. The average molecular weight is 456 g/mol. The van der Waals surface area contributed by atoms with E-state index in [0.29, 0.717) is 5.69 Å². The van der Waals surface area contributed by atoms with Crippen molar-refractivity contribution >= 4 is 22.6 Å². The maximum Gasteiger partial charge on any atom is 0.393 e. The fraction of sp³-hybridized carbons (Fsp3) is 0.545. The summed E-state index contributed by atoms with van der Waals surface area (Å²) in [6.45, 7) is 1.96. The van der Waals surface area contributed by atoms with E-state index >= 15 is 0 Å². The van der Waals surface area contributed by atoms with Gasteiger partial charge in [-0.1, -0.05) is 6.07 Å². The summed E-state index contributed by atoms with van der Waals surface area (Å²) in [6.07, 6.45) is -3.58. The Morgan fingerprint density at radius 3 is 2.66 bits per heavy atom. The second-order valence-electron chi connectivity index (χ2n) is 8.86. The number of halogens is 5. The zero-order chi connectivity index (χ0) is 23.1. The van der Waals surface area contributed by atoms with Crippen LogP contribution in [0.3, 0.4) is 0 Å². The summed E-state index contributed by atoms with van der Waals surface area (Å²) in [5.74, 6) is -4.61. The number of urea groups is 1. The van der Waals surface area contributed by atoms with Gasteiger partial charge in [0.15, 0.2) is 0 Å². The van der Waals surface area contributed by atoms with Gasteiger partial charge in [0.05, 0.1) is 11.4 Å². The number of carbonyl (C=O) groups excluding carboxylic acids is 1. The quantitative estimate of drug-likeness (QED) is 0.659. The Hall–Kier alpha value is -2.65. The van der Waals surface area contributed by atoms with Crippen molar-refractivity contribution in [2.75, 3.05) is 24.5 Å². The number of carbonyl (C=O) groups is 1. The van der Waals surface area contributed by atoms with Crippen LogP contribution < -0.4 is 15.5 Å². The van der Waals surface area contributed by atoms with Gasteiger partial charge in [-0.15, -0.1) is 0 Å². The lowest BCUT2D eigenvalue weighted by Gasteiger charge is -2.40.